The van der Waals surface area contributed by atoms with E-state index in [4.69, 9.17) is 18.3 Å². The molecule has 1 aromatic heterocycles. The second-order valence-corrected chi connectivity index (χ2v) is 16.4. The van der Waals surface area contributed by atoms with Crippen molar-refractivity contribution in [3.05, 3.63) is 84.8 Å². The van der Waals surface area contributed by atoms with E-state index < -0.39 is 20.0 Å². The third kappa shape index (κ3) is 7.62. The van der Waals surface area contributed by atoms with Crippen LogP contribution in [0.2, 0.25) is 5.04 Å². The molecule has 2 aromatic carbocycles. The lowest BCUT2D eigenvalue weighted by Crippen LogP contribution is -2.66. The molecule has 7 heteroatoms. The fraction of sp³-hybridized carbons (Fsp3) is 0.469. The van der Waals surface area contributed by atoms with Gasteiger partial charge >= 0.3 is 6.09 Å². The first-order valence-corrected chi connectivity index (χ1v) is 15.6. The van der Waals surface area contributed by atoms with E-state index in [1.54, 1.807) is 18.2 Å². The zero-order chi connectivity index (χ0) is 28.7. The second kappa shape index (κ2) is 13.0. The van der Waals surface area contributed by atoms with E-state index in [0.717, 1.165) is 0 Å². The van der Waals surface area contributed by atoms with Crippen LogP contribution in [0.4, 0.5) is 4.79 Å². The lowest BCUT2D eigenvalue weighted by molar-refractivity contribution is 0.00215. The van der Waals surface area contributed by atoms with E-state index in [1.165, 1.54) is 10.4 Å². The molecule has 212 valence electrons. The van der Waals surface area contributed by atoms with Crippen molar-refractivity contribution in [2.75, 3.05) is 26.9 Å². The Morgan fingerprint density at radius 3 is 1.90 bits per heavy atom. The quantitative estimate of drug-likeness (QED) is 0.203. The summed E-state index contributed by atoms with van der Waals surface area (Å²) in [7, 11) is -0.872. The molecule has 6 nitrogen and oxygen atoms in total. The summed E-state index contributed by atoms with van der Waals surface area (Å²) in [5.74, 6) is 0.657. The van der Waals surface area contributed by atoms with Gasteiger partial charge in [-0.2, -0.15) is 0 Å². The highest BCUT2D eigenvalue weighted by molar-refractivity contribution is 6.99. The van der Waals surface area contributed by atoms with Crippen molar-refractivity contribution in [2.45, 2.75) is 65.1 Å². The zero-order valence-corrected chi connectivity index (χ0v) is 25.8. The van der Waals surface area contributed by atoms with Crippen molar-refractivity contribution in [3.8, 4) is 0 Å². The number of ether oxygens (including phenoxy) is 2. The standard InChI is InChI=1S/C32H45NO5Si/c1-25(29(28-20-15-21-36-28)33(8)30(34)38-31(2,3)4)24-35-22-23-37-39(32(5,6)7,26-16-11-9-12-17-26)27-18-13-10-14-19-27/h9-21,25,29H,22-24H2,1-8H3/t25?,29-/m0/s1. The van der Waals surface area contributed by atoms with E-state index in [0.29, 0.717) is 25.6 Å². The Balaban J connectivity index is 1.71. The van der Waals surface area contributed by atoms with Crippen molar-refractivity contribution in [3.63, 3.8) is 0 Å². The first kappa shape index (κ1) is 30.7. The number of amides is 1. The molecule has 1 heterocycles. The van der Waals surface area contributed by atoms with Gasteiger partial charge in [0.2, 0.25) is 0 Å². The Labute approximate surface area is 235 Å². The number of hydrogen-bond acceptors (Lipinski definition) is 5. The number of rotatable bonds is 11. The largest absolute Gasteiger partial charge is 0.467 e. The second-order valence-electron chi connectivity index (χ2n) is 12.1. The van der Waals surface area contributed by atoms with Crippen molar-refractivity contribution < 1.29 is 23.1 Å². The average Bonchev–Trinajstić information content (AvgIpc) is 3.40. The number of furan rings is 1. The number of carbonyl (C=O) groups excluding carboxylic acids is 1. The van der Waals surface area contributed by atoms with E-state index in [2.05, 4.69) is 76.2 Å². The number of hydrogen-bond donors (Lipinski definition) is 0. The van der Waals surface area contributed by atoms with Gasteiger partial charge in [0.1, 0.15) is 11.4 Å². The van der Waals surface area contributed by atoms with Crippen LogP contribution in [0.15, 0.2) is 83.5 Å². The van der Waals surface area contributed by atoms with Gasteiger partial charge in [0.05, 0.1) is 32.1 Å². The van der Waals surface area contributed by atoms with Crippen LogP contribution >= 0.6 is 0 Å². The monoisotopic (exact) mass is 551 g/mol. The number of carbonyl (C=O) groups is 1. The fourth-order valence-corrected chi connectivity index (χ4v) is 9.68. The van der Waals surface area contributed by atoms with Crippen molar-refractivity contribution in [1.82, 2.24) is 4.90 Å². The SMILES string of the molecule is CC(COCCO[Si](c1ccccc1)(c1ccccc1)C(C)(C)C)[C@@H](c1ccco1)N(C)C(=O)OC(C)(C)C. The molecular formula is C32H45NO5Si. The minimum absolute atomic E-state index is 0.0402. The molecule has 0 saturated carbocycles. The summed E-state index contributed by atoms with van der Waals surface area (Å²) >= 11 is 0. The van der Waals surface area contributed by atoms with E-state index >= 15 is 0 Å². The summed E-state index contributed by atoms with van der Waals surface area (Å²) in [4.78, 5) is 14.4. The normalized spacial score (nSPS) is 14.1. The highest BCUT2D eigenvalue weighted by Gasteiger charge is 2.50. The molecule has 3 rings (SSSR count). The zero-order valence-electron chi connectivity index (χ0n) is 24.8. The molecule has 2 atom stereocenters. The van der Waals surface area contributed by atoms with Gasteiger partial charge in [-0.25, -0.2) is 4.79 Å². The molecule has 0 aliphatic carbocycles. The molecule has 0 N–H and O–H groups in total. The van der Waals surface area contributed by atoms with Crippen LogP contribution < -0.4 is 10.4 Å². The first-order valence-electron chi connectivity index (χ1n) is 13.7. The summed E-state index contributed by atoms with van der Waals surface area (Å²) in [6, 6.07) is 24.6. The first-order chi connectivity index (χ1) is 18.4. The molecule has 0 saturated heterocycles. The van der Waals surface area contributed by atoms with Gasteiger partial charge in [-0.1, -0.05) is 88.4 Å². The summed E-state index contributed by atoms with van der Waals surface area (Å²) < 4.78 is 24.4. The average molecular weight is 552 g/mol. The molecule has 0 aliphatic heterocycles. The van der Waals surface area contributed by atoms with E-state index in [9.17, 15) is 4.79 Å². The van der Waals surface area contributed by atoms with Crippen LogP contribution in [0.1, 0.15) is 60.3 Å². The van der Waals surface area contributed by atoms with Crippen molar-refractivity contribution in [2.24, 2.45) is 5.92 Å². The third-order valence-corrected chi connectivity index (χ3v) is 11.9. The van der Waals surface area contributed by atoms with Crippen LogP contribution in [0, 0.1) is 5.92 Å². The van der Waals surface area contributed by atoms with Gasteiger partial charge in [0, 0.05) is 13.0 Å². The summed E-state index contributed by atoms with van der Waals surface area (Å²) in [5, 5.41) is 2.40. The predicted molar refractivity (Wildman–Crippen MR) is 159 cm³/mol. The molecule has 0 radical (unpaired) electrons. The predicted octanol–water partition coefficient (Wildman–Crippen LogP) is 6.42. The highest BCUT2D eigenvalue weighted by Crippen LogP contribution is 2.36. The molecule has 0 aliphatic rings. The van der Waals surface area contributed by atoms with Gasteiger partial charge in [0.25, 0.3) is 8.32 Å². The molecule has 1 amide bonds. The summed E-state index contributed by atoms with van der Waals surface area (Å²) in [6.45, 7) is 15.8. The van der Waals surface area contributed by atoms with Crippen LogP contribution in [0.3, 0.4) is 0 Å². The highest BCUT2D eigenvalue weighted by atomic mass is 28.4. The fourth-order valence-electron chi connectivity index (χ4n) is 5.14. The Kier molecular flexibility index (Phi) is 10.2. The lowest BCUT2D eigenvalue weighted by atomic mass is 9.99. The van der Waals surface area contributed by atoms with E-state index in [-0.39, 0.29) is 17.0 Å². The molecule has 3 aromatic rings. The Bertz CT molecular complexity index is 1100. The van der Waals surface area contributed by atoms with E-state index in [1.807, 2.05) is 45.0 Å². The lowest BCUT2D eigenvalue weighted by Gasteiger charge is -2.43. The molecule has 1 unspecified atom stereocenters. The van der Waals surface area contributed by atoms with Gasteiger partial charge in [-0.05, 0) is 48.3 Å². The Morgan fingerprint density at radius 2 is 1.44 bits per heavy atom. The molecule has 0 fully saturated rings. The topological polar surface area (TPSA) is 61.1 Å². The van der Waals surface area contributed by atoms with Gasteiger partial charge < -0.3 is 23.2 Å². The summed E-state index contributed by atoms with van der Waals surface area (Å²) in [5.41, 5.74) is -0.586. The Hall–Kier alpha value is -2.87. The van der Waals surface area contributed by atoms with Crippen molar-refractivity contribution in [1.29, 1.82) is 0 Å². The number of nitrogens with zero attached hydrogens (tertiary/aromatic N) is 1. The van der Waals surface area contributed by atoms with Crippen LogP contribution in [0.25, 0.3) is 0 Å². The molecule has 0 spiro atoms. The maximum atomic E-state index is 12.9. The minimum Gasteiger partial charge on any atom is -0.467 e. The van der Waals surface area contributed by atoms with Gasteiger partial charge in [0.15, 0.2) is 0 Å². The smallest absolute Gasteiger partial charge is 0.410 e. The Morgan fingerprint density at radius 1 is 0.872 bits per heavy atom. The number of benzene rings is 2. The molecule has 0 bridgehead atoms. The van der Waals surface area contributed by atoms with Crippen LogP contribution in [0.5, 0.6) is 0 Å². The van der Waals surface area contributed by atoms with Gasteiger partial charge in [-0.15, -0.1) is 0 Å². The van der Waals surface area contributed by atoms with Crippen LogP contribution in [-0.4, -0.2) is 51.8 Å². The minimum atomic E-state index is -2.61. The maximum absolute atomic E-state index is 12.9. The molecule has 39 heavy (non-hydrogen) atoms. The maximum Gasteiger partial charge on any atom is 0.410 e. The van der Waals surface area contributed by atoms with Crippen LogP contribution in [-0.2, 0) is 13.9 Å². The third-order valence-electron chi connectivity index (χ3n) is 6.82. The van der Waals surface area contributed by atoms with Crippen molar-refractivity contribution >= 4 is 24.8 Å². The summed E-state index contributed by atoms with van der Waals surface area (Å²) in [6.07, 6.45) is 1.22. The molecular weight excluding hydrogens is 506 g/mol. The van der Waals surface area contributed by atoms with Gasteiger partial charge in [-0.3, -0.25) is 0 Å².